The number of aromatic nitrogens is 2. The molecule has 100 valence electrons. The summed E-state index contributed by atoms with van der Waals surface area (Å²) in [4.78, 5) is 15.1. The van der Waals surface area contributed by atoms with Crippen LogP contribution in [0.1, 0.15) is 15.9 Å². The van der Waals surface area contributed by atoms with E-state index in [1.54, 1.807) is 0 Å². The smallest absolute Gasteiger partial charge is 0.251 e. The summed E-state index contributed by atoms with van der Waals surface area (Å²) >= 11 is 0. The van der Waals surface area contributed by atoms with E-state index >= 15 is 0 Å². The molecule has 0 aliphatic heterocycles. The summed E-state index contributed by atoms with van der Waals surface area (Å²) in [6, 6.07) is 13.4. The summed E-state index contributed by atoms with van der Waals surface area (Å²) in [5.74, 6) is -0.0693. The summed E-state index contributed by atoms with van der Waals surface area (Å²) < 4.78 is 1.98. The Labute approximate surface area is 117 Å². The third-order valence-electron chi connectivity index (χ3n) is 3.13. The highest BCUT2D eigenvalue weighted by molar-refractivity contribution is 5.94. The quantitative estimate of drug-likeness (QED) is 0.748. The Morgan fingerprint density at radius 3 is 2.75 bits per heavy atom. The van der Waals surface area contributed by atoms with E-state index in [9.17, 15) is 4.79 Å². The lowest BCUT2D eigenvalue weighted by Crippen LogP contribution is -2.22. The van der Waals surface area contributed by atoms with E-state index in [0.29, 0.717) is 12.1 Å². The lowest BCUT2D eigenvalue weighted by atomic mass is 10.2. The number of hydrogen-bond donors (Lipinski definition) is 2. The van der Waals surface area contributed by atoms with Crippen molar-refractivity contribution in [2.45, 2.75) is 6.54 Å². The van der Waals surface area contributed by atoms with E-state index in [0.717, 1.165) is 11.3 Å². The molecule has 0 fully saturated rings. The number of aromatic amines is 1. The van der Waals surface area contributed by atoms with E-state index in [2.05, 4.69) is 10.3 Å². The number of rotatable bonds is 4. The van der Waals surface area contributed by atoms with Gasteiger partial charge in [-0.3, -0.25) is 4.79 Å². The highest BCUT2D eigenvalue weighted by Crippen LogP contribution is 2.11. The average molecular weight is 265 g/mol. The van der Waals surface area contributed by atoms with Crippen molar-refractivity contribution in [2.75, 3.05) is 0 Å². The molecule has 0 saturated heterocycles. The van der Waals surface area contributed by atoms with Crippen LogP contribution in [-0.4, -0.2) is 15.5 Å². The fourth-order valence-corrected chi connectivity index (χ4v) is 2.07. The number of hydrogen-bond acceptors (Lipinski definition) is 1. The van der Waals surface area contributed by atoms with Gasteiger partial charge in [0.25, 0.3) is 5.91 Å². The van der Waals surface area contributed by atoms with Crippen molar-refractivity contribution in [3.63, 3.8) is 0 Å². The van der Waals surface area contributed by atoms with Crippen LogP contribution in [-0.2, 0) is 6.54 Å². The molecule has 3 rings (SSSR count). The van der Waals surface area contributed by atoms with Crippen molar-refractivity contribution in [3.8, 4) is 5.69 Å². The molecule has 0 spiro atoms. The van der Waals surface area contributed by atoms with Crippen LogP contribution in [0.2, 0.25) is 0 Å². The van der Waals surface area contributed by atoms with Crippen LogP contribution >= 0.6 is 0 Å². The van der Waals surface area contributed by atoms with Gasteiger partial charge in [-0.05, 0) is 42.0 Å². The molecule has 0 aliphatic rings. The number of amides is 1. The Balaban J connectivity index is 1.73. The summed E-state index contributed by atoms with van der Waals surface area (Å²) in [6.07, 6.45) is 7.62. The minimum Gasteiger partial charge on any atom is -0.367 e. The first-order valence-corrected chi connectivity index (χ1v) is 6.46. The lowest BCUT2D eigenvalue weighted by Gasteiger charge is -2.07. The molecule has 0 saturated carbocycles. The molecule has 4 heteroatoms. The summed E-state index contributed by atoms with van der Waals surface area (Å²) in [6.45, 7) is 0.524. The predicted octanol–water partition coefficient (Wildman–Crippen LogP) is 2.74. The van der Waals surface area contributed by atoms with E-state index in [-0.39, 0.29) is 5.91 Å². The van der Waals surface area contributed by atoms with Gasteiger partial charge in [-0.2, -0.15) is 0 Å². The van der Waals surface area contributed by atoms with Gasteiger partial charge < -0.3 is 14.9 Å². The first-order chi connectivity index (χ1) is 9.83. The number of H-pyrrole nitrogens is 1. The standard InChI is InChI=1S/C16H15N3O/c20-16(18-12-13-6-7-17-11-13)14-4-3-5-15(10-14)19-8-1-2-9-19/h1-11,17H,12H2,(H,18,20). The Hall–Kier alpha value is -2.75. The second-order valence-corrected chi connectivity index (χ2v) is 4.54. The van der Waals surface area contributed by atoms with Gasteiger partial charge >= 0.3 is 0 Å². The number of nitrogens with zero attached hydrogens (tertiary/aromatic N) is 1. The number of carbonyl (C=O) groups is 1. The van der Waals surface area contributed by atoms with Crippen molar-refractivity contribution < 1.29 is 4.79 Å². The molecule has 2 aromatic heterocycles. The fourth-order valence-electron chi connectivity index (χ4n) is 2.07. The fraction of sp³-hybridized carbons (Fsp3) is 0.0625. The van der Waals surface area contributed by atoms with E-state index in [1.807, 2.05) is 71.8 Å². The van der Waals surface area contributed by atoms with Crippen molar-refractivity contribution in [1.29, 1.82) is 0 Å². The maximum atomic E-state index is 12.1. The van der Waals surface area contributed by atoms with Gasteiger partial charge in [0.15, 0.2) is 0 Å². The molecule has 1 aromatic carbocycles. The van der Waals surface area contributed by atoms with Gasteiger partial charge in [-0.25, -0.2) is 0 Å². The zero-order valence-electron chi connectivity index (χ0n) is 10.9. The summed E-state index contributed by atoms with van der Waals surface area (Å²) in [5, 5.41) is 2.91. The van der Waals surface area contributed by atoms with E-state index in [1.165, 1.54) is 0 Å². The minimum absolute atomic E-state index is 0.0693. The number of carbonyl (C=O) groups excluding carboxylic acids is 1. The molecule has 0 atom stereocenters. The topological polar surface area (TPSA) is 49.8 Å². The molecular formula is C16H15N3O. The largest absolute Gasteiger partial charge is 0.367 e. The van der Waals surface area contributed by atoms with E-state index in [4.69, 9.17) is 0 Å². The Morgan fingerprint density at radius 1 is 1.15 bits per heavy atom. The van der Waals surface area contributed by atoms with Gasteiger partial charge in [0.1, 0.15) is 0 Å². The highest BCUT2D eigenvalue weighted by Gasteiger charge is 2.06. The van der Waals surface area contributed by atoms with Gasteiger partial charge in [-0.15, -0.1) is 0 Å². The number of benzene rings is 1. The van der Waals surface area contributed by atoms with Crippen LogP contribution in [0.5, 0.6) is 0 Å². The monoisotopic (exact) mass is 265 g/mol. The maximum Gasteiger partial charge on any atom is 0.251 e. The molecule has 20 heavy (non-hydrogen) atoms. The third kappa shape index (κ3) is 2.64. The van der Waals surface area contributed by atoms with Gasteiger partial charge in [0.2, 0.25) is 0 Å². The molecule has 4 nitrogen and oxygen atoms in total. The third-order valence-corrected chi connectivity index (χ3v) is 3.13. The van der Waals surface area contributed by atoms with Crippen LogP contribution < -0.4 is 5.32 Å². The van der Waals surface area contributed by atoms with Crippen molar-refractivity contribution in [1.82, 2.24) is 14.9 Å². The molecule has 0 aliphatic carbocycles. The second kappa shape index (κ2) is 5.48. The van der Waals surface area contributed by atoms with E-state index < -0.39 is 0 Å². The van der Waals surface area contributed by atoms with Gasteiger partial charge in [-0.1, -0.05) is 6.07 Å². The highest BCUT2D eigenvalue weighted by atomic mass is 16.1. The molecule has 0 bridgehead atoms. The lowest BCUT2D eigenvalue weighted by molar-refractivity contribution is 0.0951. The van der Waals surface area contributed by atoms with Gasteiger partial charge in [0.05, 0.1) is 0 Å². The second-order valence-electron chi connectivity index (χ2n) is 4.54. The molecule has 2 heterocycles. The van der Waals surface area contributed by atoms with Crippen LogP contribution in [0, 0.1) is 0 Å². The first kappa shape index (κ1) is 12.3. The average Bonchev–Trinajstić information content (AvgIpc) is 3.18. The van der Waals surface area contributed by atoms with Crippen LogP contribution in [0.15, 0.2) is 67.3 Å². The molecule has 2 N–H and O–H groups in total. The van der Waals surface area contributed by atoms with Crippen molar-refractivity contribution >= 4 is 5.91 Å². The summed E-state index contributed by atoms with van der Waals surface area (Å²) in [7, 11) is 0. The minimum atomic E-state index is -0.0693. The van der Waals surface area contributed by atoms with Crippen LogP contribution in [0.4, 0.5) is 0 Å². The normalized spacial score (nSPS) is 10.4. The molecule has 0 unspecified atom stereocenters. The first-order valence-electron chi connectivity index (χ1n) is 6.46. The number of nitrogens with one attached hydrogen (secondary N) is 2. The maximum absolute atomic E-state index is 12.1. The van der Waals surface area contributed by atoms with Crippen molar-refractivity contribution in [3.05, 3.63) is 78.4 Å². The van der Waals surface area contributed by atoms with Crippen LogP contribution in [0.3, 0.4) is 0 Å². The molecule has 3 aromatic rings. The SMILES string of the molecule is O=C(NCc1cc[nH]c1)c1cccc(-n2cccc2)c1. The molecular weight excluding hydrogens is 250 g/mol. The predicted molar refractivity (Wildman–Crippen MR) is 77.7 cm³/mol. The molecule has 0 radical (unpaired) electrons. The Kier molecular flexibility index (Phi) is 3.37. The summed E-state index contributed by atoms with van der Waals surface area (Å²) in [5.41, 5.74) is 2.69. The van der Waals surface area contributed by atoms with Crippen LogP contribution in [0.25, 0.3) is 5.69 Å². The van der Waals surface area contributed by atoms with Crippen molar-refractivity contribution in [2.24, 2.45) is 0 Å². The van der Waals surface area contributed by atoms with Gasteiger partial charge in [0, 0.05) is 42.6 Å². The Morgan fingerprint density at radius 2 is 2.00 bits per heavy atom. The zero-order chi connectivity index (χ0) is 13.8. The zero-order valence-corrected chi connectivity index (χ0v) is 10.9. The molecule has 1 amide bonds. The Bertz CT molecular complexity index is 684.